The fraction of sp³-hybridized carbons (Fsp3) is 0.375. The van der Waals surface area contributed by atoms with Crippen molar-refractivity contribution in [3.05, 3.63) is 34.6 Å². The molecule has 0 spiro atoms. The lowest BCUT2D eigenvalue weighted by atomic mass is 10.2. The lowest BCUT2D eigenvalue weighted by Gasteiger charge is -2.11. The van der Waals surface area contributed by atoms with E-state index in [0.29, 0.717) is 35.9 Å². The first-order valence-corrected chi connectivity index (χ1v) is 9.00. The van der Waals surface area contributed by atoms with E-state index in [-0.39, 0.29) is 5.69 Å². The number of hydrogen-bond donors (Lipinski definition) is 0. The van der Waals surface area contributed by atoms with Crippen LogP contribution in [0, 0.1) is 0 Å². The Morgan fingerprint density at radius 2 is 2.16 bits per heavy atom. The van der Waals surface area contributed by atoms with Gasteiger partial charge in [0.05, 0.1) is 4.62 Å². The van der Waals surface area contributed by atoms with E-state index < -0.39 is 0 Å². The standard InChI is InChI=1S/C16H16BrN7O/c1-2-3-4-7-23-13-10(8-12(17)20-13)14-21-22-15(24(14)16(23)25)11-5-6-18-9-19-11/h5-6,9H,2-4,7-8H2,1H3. The molecule has 1 aliphatic rings. The summed E-state index contributed by atoms with van der Waals surface area (Å²) in [6.07, 6.45) is 6.73. The number of unbranched alkanes of at least 4 members (excludes halogenated alkanes) is 2. The smallest absolute Gasteiger partial charge is 0.277 e. The fourth-order valence-corrected chi connectivity index (χ4v) is 3.48. The zero-order valence-electron chi connectivity index (χ0n) is 13.7. The third-order valence-electron chi connectivity index (χ3n) is 4.23. The van der Waals surface area contributed by atoms with Crippen LogP contribution in [0.15, 0.2) is 28.4 Å². The molecule has 3 aromatic rings. The van der Waals surface area contributed by atoms with Crippen molar-refractivity contribution in [1.29, 1.82) is 0 Å². The highest BCUT2D eigenvalue weighted by Crippen LogP contribution is 2.31. The van der Waals surface area contributed by atoms with E-state index in [1.807, 2.05) is 0 Å². The predicted octanol–water partition coefficient (Wildman–Crippen LogP) is 2.52. The molecule has 3 aromatic heterocycles. The SMILES string of the molecule is CCCCCn1c2c(c3nnc(-c4ccncn4)n3c1=O)CC(Br)=N2. The maximum atomic E-state index is 13.2. The highest BCUT2D eigenvalue weighted by molar-refractivity contribution is 9.18. The quantitative estimate of drug-likeness (QED) is 0.612. The van der Waals surface area contributed by atoms with Crippen LogP contribution in [-0.2, 0) is 13.0 Å². The number of nitrogens with zero attached hydrogens (tertiary/aromatic N) is 7. The van der Waals surface area contributed by atoms with Crippen LogP contribution in [0.25, 0.3) is 17.2 Å². The molecule has 8 nitrogen and oxygen atoms in total. The van der Waals surface area contributed by atoms with E-state index in [9.17, 15) is 4.79 Å². The molecule has 0 saturated heterocycles. The summed E-state index contributed by atoms with van der Waals surface area (Å²) in [5, 5.41) is 8.45. The van der Waals surface area contributed by atoms with Gasteiger partial charge in [0.2, 0.25) is 0 Å². The van der Waals surface area contributed by atoms with Gasteiger partial charge in [-0.05, 0) is 28.4 Å². The number of rotatable bonds is 5. The lowest BCUT2D eigenvalue weighted by molar-refractivity contribution is 0.576. The average Bonchev–Trinajstić information content (AvgIpc) is 3.22. The summed E-state index contributed by atoms with van der Waals surface area (Å²) in [5.74, 6) is 1.11. The molecule has 0 amide bonds. The van der Waals surface area contributed by atoms with Crippen LogP contribution in [0.4, 0.5) is 5.82 Å². The molecule has 4 heterocycles. The van der Waals surface area contributed by atoms with E-state index in [2.05, 4.69) is 48.0 Å². The van der Waals surface area contributed by atoms with Crippen LogP contribution in [0.3, 0.4) is 0 Å². The van der Waals surface area contributed by atoms with Crippen molar-refractivity contribution in [3.63, 3.8) is 0 Å². The third kappa shape index (κ3) is 2.68. The molecule has 9 heteroatoms. The highest BCUT2D eigenvalue weighted by Gasteiger charge is 2.26. The summed E-state index contributed by atoms with van der Waals surface area (Å²) in [6.45, 7) is 2.76. The monoisotopic (exact) mass is 401 g/mol. The largest absolute Gasteiger partial charge is 0.337 e. The summed E-state index contributed by atoms with van der Waals surface area (Å²) in [7, 11) is 0. The van der Waals surface area contributed by atoms with Crippen LogP contribution in [0.1, 0.15) is 31.7 Å². The summed E-state index contributed by atoms with van der Waals surface area (Å²) in [6, 6.07) is 1.72. The minimum atomic E-state index is -0.186. The lowest BCUT2D eigenvalue weighted by Crippen LogP contribution is -2.28. The van der Waals surface area contributed by atoms with E-state index in [1.165, 1.54) is 10.7 Å². The average molecular weight is 402 g/mol. The summed E-state index contributed by atoms with van der Waals surface area (Å²) in [5.41, 5.74) is 1.83. The molecular weight excluding hydrogens is 386 g/mol. The topological polar surface area (TPSA) is 90.3 Å². The van der Waals surface area contributed by atoms with Gasteiger partial charge in [0, 0.05) is 24.7 Å². The number of aliphatic imine (C=N–C) groups is 1. The van der Waals surface area contributed by atoms with Gasteiger partial charge in [-0.15, -0.1) is 10.2 Å². The molecule has 25 heavy (non-hydrogen) atoms. The van der Waals surface area contributed by atoms with Crippen molar-refractivity contribution < 1.29 is 0 Å². The van der Waals surface area contributed by atoms with Crippen molar-refractivity contribution in [3.8, 4) is 11.5 Å². The number of fused-ring (bicyclic) bond motifs is 3. The Bertz CT molecular complexity index is 1020. The van der Waals surface area contributed by atoms with Gasteiger partial charge in [-0.25, -0.2) is 24.2 Å². The van der Waals surface area contributed by atoms with Crippen LogP contribution in [0.2, 0.25) is 0 Å². The van der Waals surface area contributed by atoms with Gasteiger partial charge in [-0.3, -0.25) is 4.57 Å². The molecule has 4 rings (SSSR count). The molecule has 0 atom stereocenters. The first-order chi connectivity index (χ1) is 12.2. The van der Waals surface area contributed by atoms with Gasteiger partial charge in [-0.2, -0.15) is 0 Å². The molecule has 128 valence electrons. The summed E-state index contributed by atoms with van der Waals surface area (Å²) in [4.78, 5) is 25.8. The minimum Gasteiger partial charge on any atom is -0.277 e. The van der Waals surface area contributed by atoms with Crippen LogP contribution in [0.5, 0.6) is 0 Å². The van der Waals surface area contributed by atoms with Crippen LogP contribution in [-0.4, -0.2) is 33.8 Å². The van der Waals surface area contributed by atoms with E-state index in [0.717, 1.165) is 29.4 Å². The number of halogens is 1. The zero-order valence-corrected chi connectivity index (χ0v) is 15.3. The molecule has 1 aliphatic heterocycles. The van der Waals surface area contributed by atoms with Crippen molar-refractivity contribution in [2.75, 3.05) is 0 Å². The third-order valence-corrected chi connectivity index (χ3v) is 4.68. The van der Waals surface area contributed by atoms with Crippen molar-refractivity contribution in [2.45, 2.75) is 39.2 Å². The molecule has 0 radical (unpaired) electrons. The van der Waals surface area contributed by atoms with Gasteiger partial charge in [-0.1, -0.05) is 19.8 Å². The van der Waals surface area contributed by atoms with Gasteiger partial charge < -0.3 is 0 Å². The van der Waals surface area contributed by atoms with E-state index in [4.69, 9.17) is 0 Å². The Balaban J connectivity index is 1.95. The molecule has 0 fully saturated rings. The van der Waals surface area contributed by atoms with Gasteiger partial charge in [0.25, 0.3) is 0 Å². The normalized spacial score (nSPS) is 13.3. The van der Waals surface area contributed by atoms with Crippen molar-refractivity contribution in [1.82, 2.24) is 29.1 Å². The van der Waals surface area contributed by atoms with E-state index >= 15 is 0 Å². The van der Waals surface area contributed by atoms with Crippen LogP contribution < -0.4 is 5.69 Å². The Morgan fingerprint density at radius 1 is 1.28 bits per heavy atom. The number of hydrogen-bond acceptors (Lipinski definition) is 6. The summed E-state index contributed by atoms with van der Waals surface area (Å²) >= 11 is 3.45. The Hall–Kier alpha value is -2.42. The summed E-state index contributed by atoms with van der Waals surface area (Å²) < 4.78 is 4.06. The van der Waals surface area contributed by atoms with Gasteiger partial charge >= 0.3 is 5.69 Å². The number of aromatic nitrogens is 6. The first kappa shape index (κ1) is 16.1. The molecule has 0 bridgehead atoms. The maximum Gasteiger partial charge on any atom is 0.337 e. The maximum absolute atomic E-state index is 13.2. The molecule has 0 N–H and O–H groups in total. The molecule has 0 saturated carbocycles. The minimum absolute atomic E-state index is 0.186. The van der Waals surface area contributed by atoms with E-state index in [1.54, 1.807) is 16.8 Å². The molecule has 0 aromatic carbocycles. The molecular formula is C16H16BrN7O. The van der Waals surface area contributed by atoms with Crippen molar-refractivity contribution in [2.24, 2.45) is 4.99 Å². The Labute approximate surface area is 151 Å². The van der Waals surface area contributed by atoms with Gasteiger partial charge in [0.15, 0.2) is 11.5 Å². The van der Waals surface area contributed by atoms with Crippen LogP contribution >= 0.6 is 15.9 Å². The highest BCUT2D eigenvalue weighted by atomic mass is 79.9. The molecule has 0 unspecified atom stereocenters. The predicted molar refractivity (Wildman–Crippen MR) is 97.5 cm³/mol. The first-order valence-electron chi connectivity index (χ1n) is 8.21. The second kappa shape index (κ2) is 6.47. The van der Waals surface area contributed by atoms with Gasteiger partial charge in [0.1, 0.15) is 17.8 Å². The molecule has 0 aliphatic carbocycles. The fourth-order valence-electron chi connectivity index (χ4n) is 3.03. The van der Waals surface area contributed by atoms with Crippen molar-refractivity contribution >= 4 is 32.0 Å². The Kier molecular flexibility index (Phi) is 4.16. The second-order valence-electron chi connectivity index (χ2n) is 5.89. The zero-order chi connectivity index (χ0) is 17.4. The Morgan fingerprint density at radius 3 is 2.92 bits per heavy atom. The second-order valence-corrected chi connectivity index (χ2v) is 6.80.